The molecule has 2 aromatic rings. The van der Waals surface area contributed by atoms with Gasteiger partial charge in [0.15, 0.2) is 0 Å². The summed E-state index contributed by atoms with van der Waals surface area (Å²) >= 11 is 1.63. The van der Waals surface area contributed by atoms with Gasteiger partial charge in [0, 0.05) is 19.8 Å². The molecule has 0 saturated carbocycles. The first-order chi connectivity index (χ1) is 10.5. The normalized spacial score (nSPS) is 10.5. The highest BCUT2D eigenvalue weighted by atomic mass is 32.2. The van der Waals surface area contributed by atoms with Gasteiger partial charge in [-0.05, 0) is 24.3 Å². The molecule has 6 nitrogen and oxygen atoms in total. The molecule has 0 radical (unpaired) electrons. The predicted molar refractivity (Wildman–Crippen MR) is 86.6 cm³/mol. The summed E-state index contributed by atoms with van der Waals surface area (Å²) in [6, 6.07) is 5.96. The Morgan fingerprint density at radius 3 is 2.59 bits per heavy atom. The molecule has 0 atom stereocenters. The van der Waals surface area contributed by atoms with Crippen molar-refractivity contribution in [3.8, 4) is 5.75 Å². The topological polar surface area (TPSA) is 77.2 Å². The molecular weight excluding hydrogens is 305 g/mol. The van der Waals surface area contributed by atoms with E-state index in [9.17, 15) is 4.39 Å². The van der Waals surface area contributed by atoms with Gasteiger partial charge in [-0.25, -0.2) is 4.39 Å². The standard InChI is InChI=1S/C14H18FN5OS/c1-20(2)14-18-12(17-13(16)19-14)9-22-8-7-21-11-5-3-10(15)4-6-11/h3-6H,7-9H2,1-2H3,(H2,16,17,18,19). The van der Waals surface area contributed by atoms with Crippen LogP contribution in [0.1, 0.15) is 5.82 Å². The van der Waals surface area contributed by atoms with Crippen molar-refractivity contribution in [3.05, 3.63) is 35.9 Å². The maximum Gasteiger partial charge on any atom is 0.229 e. The van der Waals surface area contributed by atoms with Crippen molar-refractivity contribution in [2.45, 2.75) is 5.75 Å². The summed E-state index contributed by atoms with van der Waals surface area (Å²) in [5.74, 6) is 3.18. The monoisotopic (exact) mass is 323 g/mol. The van der Waals surface area contributed by atoms with Crippen LogP contribution in [0, 0.1) is 5.82 Å². The zero-order valence-electron chi connectivity index (χ0n) is 12.5. The average molecular weight is 323 g/mol. The number of nitrogens with two attached hydrogens (primary N) is 1. The van der Waals surface area contributed by atoms with Crippen LogP contribution in [0.2, 0.25) is 0 Å². The molecular formula is C14H18FN5OS. The van der Waals surface area contributed by atoms with Gasteiger partial charge in [0.1, 0.15) is 17.4 Å². The van der Waals surface area contributed by atoms with E-state index in [0.717, 1.165) is 5.75 Å². The second-order valence-corrected chi connectivity index (χ2v) is 5.76. The summed E-state index contributed by atoms with van der Waals surface area (Å²) < 4.78 is 18.3. The van der Waals surface area contributed by atoms with Crippen molar-refractivity contribution in [1.29, 1.82) is 0 Å². The second-order valence-electron chi connectivity index (χ2n) is 4.66. The molecule has 2 rings (SSSR count). The van der Waals surface area contributed by atoms with Gasteiger partial charge in [0.25, 0.3) is 0 Å². The third kappa shape index (κ3) is 5.03. The van der Waals surface area contributed by atoms with Crippen LogP contribution in [0.3, 0.4) is 0 Å². The van der Waals surface area contributed by atoms with Crippen LogP contribution in [0.25, 0.3) is 0 Å². The quantitative estimate of drug-likeness (QED) is 0.781. The van der Waals surface area contributed by atoms with E-state index in [1.807, 2.05) is 14.1 Å². The van der Waals surface area contributed by atoms with Crippen molar-refractivity contribution >= 4 is 23.7 Å². The first-order valence-corrected chi connectivity index (χ1v) is 7.84. The van der Waals surface area contributed by atoms with E-state index in [2.05, 4.69) is 15.0 Å². The minimum atomic E-state index is -0.272. The maximum absolute atomic E-state index is 12.7. The van der Waals surface area contributed by atoms with Crippen LogP contribution in [-0.4, -0.2) is 41.4 Å². The molecule has 118 valence electrons. The molecule has 0 saturated heterocycles. The molecule has 0 amide bonds. The number of hydrogen-bond donors (Lipinski definition) is 1. The van der Waals surface area contributed by atoms with E-state index < -0.39 is 0 Å². The lowest BCUT2D eigenvalue weighted by Gasteiger charge is -2.11. The highest BCUT2D eigenvalue weighted by Crippen LogP contribution is 2.14. The van der Waals surface area contributed by atoms with Gasteiger partial charge in [0.2, 0.25) is 11.9 Å². The molecule has 0 aliphatic heterocycles. The number of nitrogens with zero attached hydrogens (tertiary/aromatic N) is 4. The van der Waals surface area contributed by atoms with E-state index in [0.29, 0.717) is 29.9 Å². The summed E-state index contributed by atoms with van der Waals surface area (Å²) in [7, 11) is 3.70. The maximum atomic E-state index is 12.7. The van der Waals surface area contributed by atoms with Gasteiger partial charge >= 0.3 is 0 Å². The van der Waals surface area contributed by atoms with Gasteiger partial charge in [-0.2, -0.15) is 26.7 Å². The molecule has 0 spiro atoms. The molecule has 22 heavy (non-hydrogen) atoms. The fraction of sp³-hybridized carbons (Fsp3) is 0.357. The number of ether oxygens (including phenoxy) is 1. The Balaban J connectivity index is 1.75. The fourth-order valence-corrected chi connectivity index (χ4v) is 2.26. The van der Waals surface area contributed by atoms with Gasteiger partial charge in [-0.1, -0.05) is 0 Å². The van der Waals surface area contributed by atoms with Crippen LogP contribution in [0.15, 0.2) is 24.3 Å². The molecule has 0 aliphatic rings. The second kappa shape index (κ2) is 7.79. The van der Waals surface area contributed by atoms with Crippen LogP contribution in [0.4, 0.5) is 16.3 Å². The first kappa shape index (κ1) is 16.3. The predicted octanol–water partition coefficient (Wildman–Crippen LogP) is 1.97. The number of thioether (sulfide) groups is 1. The Bertz CT molecular complexity index is 609. The summed E-state index contributed by atoms with van der Waals surface area (Å²) in [4.78, 5) is 14.2. The Morgan fingerprint density at radius 2 is 1.91 bits per heavy atom. The van der Waals surface area contributed by atoms with Crippen LogP contribution >= 0.6 is 11.8 Å². The Morgan fingerprint density at radius 1 is 1.18 bits per heavy atom. The largest absolute Gasteiger partial charge is 0.493 e. The van der Waals surface area contributed by atoms with E-state index in [-0.39, 0.29) is 11.8 Å². The smallest absolute Gasteiger partial charge is 0.229 e. The third-order valence-electron chi connectivity index (χ3n) is 2.63. The van der Waals surface area contributed by atoms with Gasteiger partial charge in [0.05, 0.1) is 12.4 Å². The zero-order chi connectivity index (χ0) is 15.9. The van der Waals surface area contributed by atoms with Crippen LogP contribution < -0.4 is 15.4 Å². The number of hydrogen-bond acceptors (Lipinski definition) is 7. The minimum absolute atomic E-state index is 0.219. The van der Waals surface area contributed by atoms with Gasteiger partial charge in [-0.3, -0.25) is 0 Å². The molecule has 1 aromatic heterocycles. The number of nitrogen functional groups attached to an aromatic ring is 1. The lowest BCUT2D eigenvalue weighted by Crippen LogP contribution is -2.16. The lowest BCUT2D eigenvalue weighted by molar-refractivity contribution is 0.343. The molecule has 0 aliphatic carbocycles. The van der Waals surface area contributed by atoms with Crippen molar-refractivity contribution in [1.82, 2.24) is 15.0 Å². The van der Waals surface area contributed by atoms with Crippen molar-refractivity contribution in [3.63, 3.8) is 0 Å². The van der Waals surface area contributed by atoms with Crippen LogP contribution in [-0.2, 0) is 5.75 Å². The lowest BCUT2D eigenvalue weighted by atomic mass is 10.3. The Labute approximate surface area is 132 Å². The molecule has 0 unspecified atom stereocenters. The highest BCUT2D eigenvalue weighted by molar-refractivity contribution is 7.98. The van der Waals surface area contributed by atoms with E-state index in [1.165, 1.54) is 12.1 Å². The van der Waals surface area contributed by atoms with Gasteiger partial charge < -0.3 is 15.4 Å². The molecule has 2 N–H and O–H groups in total. The zero-order valence-corrected chi connectivity index (χ0v) is 13.3. The Kier molecular flexibility index (Phi) is 5.76. The van der Waals surface area contributed by atoms with Crippen molar-refractivity contribution < 1.29 is 9.13 Å². The average Bonchev–Trinajstić information content (AvgIpc) is 2.48. The number of aromatic nitrogens is 3. The van der Waals surface area contributed by atoms with E-state index in [4.69, 9.17) is 10.5 Å². The molecule has 0 fully saturated rings. The minimum Gasteiger partial charge on any atom is -0.493 e. The van der Waals surface area contributed by atoms with Gasteiger partial charge in [-0.15, -0.1) is 0 Å². The summed E-state index contributed by atoms with van der Waals surface area (Å²) in [6.45, 7) is 0.525. The SMILES string of the molecule is CN(C)c1nc(N)nc(CSCCOc2ccc(F)cc2)n1. The number of benzene rings is 1. The van der Waals surface area contributed by atoms with E-state index >= 15 is 0 Å². The molecule has 1 heterocycles. The fourth-order valence-electron chi connectivity index (χ4n) is 1.60. The van der Waals surface area contributed by atoms with Crippen LogP contribution in [0.5, 0.6) is 5.75 Å². The summed E-state index contributed by atoms with van der Waals surface area (Å²) in [6.07, 6.45) is 0. The van der Waals surface area contributed by atoms with E-state index in [1.54, 1.807) is 28.8 Å². The number of anilines is 2. The number of halogens is 1. The molecule has 1 aromatic carbocycles. The first-order valence-electron chi connectivity index (χ1n) is 6.68. The summed E-state index contributed by atoms with van der Waals surface area (Å²) in [5, 5.41) is 0. The molecule has 8 heteroatoms. The Hall–Kier alpha value is -2.09. The highest BCUT2D eigenvalue weighted by Gasteiger charge is 2.06. The summed E-state index contributed by atoms with van der Waals surface area (Å²) in [5.41, 5.74) is 5.66. The van der Waals surface area contributed by atoms with Crippen molar-refractivity contribution in [2.75, 3.05) is 37.1 Å². The number of rotatable bonds is 7. The third-order valence-corrected chi connectivity index (χ3v) is 3.55. The molecule has 0 bridgehead atoms. The van der Waals surface area contributed by atoms with Crippen molar-refractivity contribution in [2.24, 2.45) is 0 Å².